The second kappa shape index (κ2) is 7.84. The first-order valence-corrected chi connectivity index (χ1v) is 8.21. The summed E-state index contributed by atoms with van der Waals surface area (Å²) in [5.74, 6) is -0.0409. The summed E-state index contributed by atoms with van der Waals surface area (Å²) in [4.78, 5) is 22.8. The number of ether oxygens (including phenoxy) is 1. The molecule has 1 N–H and O–H groups in total. The van der Waals surface area contributed by atoms with Crippen LogP contribution in [0.25, 0.3) is 10.8 Å². The van der Waals surface area contributed by atoms with Gasteiger partial charge in [0.2, 0.25) is 0 Å². The molecule has 1 amide bonds. The summed E-state index contributed by atoms with van der Waals surface area (Å²) in [6.07, 6.45) is 1.30. The molecule has 0 radical (unpaired) electrons. The number of benzene rings is 3. The van der Waals surface area contributed by atoms with Crippen LogP contribution in [0.2, 0.25) is 5.02 Å². The number of amides is 1. The van der Waals surface area contributed by atoms with Crippen LogP contribution in [0.5, 0.6) is 5.75 Å². The first kappa shape index (κ1) is 18.3. The van der Waals surface area contributed by atoms with Crippen molar-refractivity contribution < 1.29 is 14.5 Å². The van der Waals surface area contributed by atoms with Crippen LogP contribution in [0.15, 0.2) is 59.7 Å². The first-order valence-electron chi connectivity index (χ1n) is 7.83. The molecule has 0 saturated heterocycles. The normalized spacial score (nSPS) is 10.9. The van der Waals surface area contributed by atoms with E-state index in [1.165, 1.54) is 25.5 Å². The monoisotopic (exact) mass is 383 g/mol. The molecule has 0 aliphatic heterocycles. The lowest BCUT2D eigenvalue weighted by Crippen LogP contribution is -2.18. The molecule has 3 aromatic rings. The third kappa shape index (κ3) is 4.04. The highest BCUT2D eigenvalue weighted by molar-refractivity contribution is 6.32. The molecule has 0 aromatic heterocycles. The number of nitrogens with zero attached hydrogens (tertiary/aromatic N) is 2. The van der Waals surface area contributed by atoms with Crippen LogP contribution in [0, 0.1) is 10.1 Å². The minimum absolute atomic E-state index is 0.0297. The maximum Gasteiger partial charge on any atom is 0.288 e. The third-order valence-electron chi connectivity index (χ3n) is 3.86. The van der Waals surface area contributed by atoms with Gasteiger partial charge in [0, 0.05) is 11.6 Å². The van der Waals surface area contributed by atoms with Gasteiger partial charge in [-0.15, -0.1) is 0 Å². The van der Waals surface area contributed by atoms with E-state index in [0.717, 1.165) is 10.8 Å². The molecule has 0 saturated carbocycles. The van der Waals surface area contributed by atoms with E-state index in [2.05, 4.69) is 10.5 Å². The van der Waals surface area contributed by atoms with Gasteiger partial charge in [0.1, 0.15) is 10.8 Å². The summed E-state index contributed by atoms with van der Waals surface area (Å²) in [7, 11) is 1.48. The van der Waals surface area contributed by atoms with E-state index < -0.39 is 10.8 Å². The number of methoxy groups -OCH3 is 1. The molecule has 8 heteroatoms. The Morgan fingerprint density at radius 2 is 1.89 bits per heavy atom. The van der Waals surface area contributed by atoms with Gasteiger partial charge in [0.25, 0.3) is 11.6 Å². The van der Waals surface area contributed by atoms with E-state index in [-0.39, 0.29) is 10.7 Å². The summed E-state index contributed by atoms with van der Waals surface area (Å²) < 4.78 is 5.29. The Morgan fingerprint density at radius 3 is 2.56 bits per heavy atom. The molecule has 27 heavy (non-hydrogen) atoms. The molecule has 0 heterocycles. The van der Waals surface area contributed by atoms with E-state index in [4.69, 9.17) is 16.3 Å². The summed E-state index contributed by atoms with van der Waals surface area (Å²) in [5, 5.41) is 16.6. The fraction of sp³-hybridized carbons (Fsp3) is 0.0526. The molecule has 7 nitrogen and oxygen atoms in total. The number of carbonyl (C=O) groups excluding carboxylic acids is 1. The van der Waals surface area contributed by atoms with Crippen molar-refractivity contribution in [3.63, 3.8) is 0 Å². The number of hydrogen-bond acceptors (Lipinski definition) is 5. The highest BCUT2D eigenvalue weighted by Crippen LogP contribution is 2.26. The Morgan fingerprint density at radius 1 is 1.19 bits per heavy atom. The van der Waals surface area contributed by atoms with Gasteiger partial charge in [-0.25, -0.2) is 5.43 Å². The molecule has 3 aromatic carbocycles. The maximum atomic E-state index is 12.5. The summed E-state index contributed by atoms with van der Waals surface area (Å²) in [6, 6.07) is 15.3. The molecule has 136 valence electrons. The molecule has 0 aliphatic rings. The van der Waals surface area contributed by atoms with Gasteiger partial charge in [-0.3, -0.25) is 14.9 Å². The van der Waals surface area contributed by atoms with Crippen LogP contribution in [0.4, 0.5) is 5.69 Å². The molecule has 0 unspecified atom stereocenters. The zero-order chi connectivity index (χ0) is 19.4. The minimum atomic E-state index is -0.585. The van der Waals surface area contributed by atoms with Gasteiger partial charge in [0.05, 0.1) is 23.8 Å². The van der Waals surface area contributed by atoms with Crippen LogP contribution < -0.4 is 10.2 Å². The number of hydrazone groups is 1. The van der Waals surface area contributed by atoms with Gasteiger partial charge in [0.15, 0.2) is 0 Å². The molecule has 0 fully saturated rings. The van der Waals surface area contributed by atoms with Crippen molar-refractivity contribution in [1.29, 1.82) is 0 Å². The van der Waals surface area contributed by atoms with E-state index in [1.807, 2.05) is 24.3 Å². The molecular weight excluding hydrogens is 370 g/mol. The van der Waals surface area contributed by atoms with Gasteiger partial charge in [-0.2, -0.15) is 5.10 Å². The highest BCUT2D eigenvalue weighted by atomic mass is 35.5. The SMILES string of the molecule is COc1cc2ccccc2cc1C(=O)N/N=C\c1ccc(Cl)c([N+](=O)[O-])c1. The average molecular weight is 384 g/mol. The van der Waals surface area contributed by atoms with Crippen LogP contribution in [0.1, 0.15) is 15.9 Å². The minimum Gasteiger partial charge on any atom is -0.496 e. The lowest BCUT2D eigenvalue weighted by molar-refractivity contribution is -0.384. The van der Waals surface area contributed by atoms with Crippen LogP contribution in [0.3, 0.4) is 0 Å². The zero-order valence-corrected chi connectivity index (χ0v) is 14.9. The predicted molar refractivity (Wildman–Crippen MR) is 104 cm³/mol. The molecular formula is C19H14ClN3O4. The van der Waals surface area contributed by atoms with E-state index in [9.17, 15) is 14.9 Å². The Hall–Kier alpha value is -3.45. The van der Waals surface area contributed by atoms with Crippen molar-refractivity contribution in [2.45, 2.75) is 0 Å². The van der Waals surface area contributed by atoms with Crippen molar-refractivity contribution >= 4 is 40.2 Å². The Kier molecular flexibility index (Phi) is 5.33. The number of nitro groups is 1. The molecule has 3 rings (SSSR count). The third-order valence-corrected chi connectivity index (χ3v) is 4.18. The smallest absolute Gasteiger partial charge is 0.288 e. The quantitative estimate of drug-likeness (QED) is 0.406. The zero-order valence-electron chi connectivity index (χ0n) is 14.2. The Labute approximate surface area is 159 Å². The van der Waals surface area contributed by atoms with Gasteiger partial charge in [-0.05, 0) is 29.0 Å². The highest BCUT2D eigenvalue weighted by Gasteiger charge is 2.14. The summed E-state index contributed by atoms with van der Waals surface area (Å²) >= 11 is 5.77. The number of halogens is 1. The van der Waals surface area contributed by atoms with Crippen molar-refractivity contribution in [2.24, 2.45) is 5.10 Å². The Balaban J connectivity index is 1.82. The second-order valence-electron chi connectivity index (χ2n) is 5.57. The lowest BCUT2D eigenvalue weighted by atomic mass is 10.1. The number of nitrogens with one attached hydrogen (secondary N) is 1. The second-order valence-corrected chi connectivity index (χ2v) is 5.97. The van der Waals surface area contributed by atoms with Gasteiger partial charge < -0.3 is 4.74 Å². The average Bonchev–Trinajstić information content (AvgIpc) is 2.67. The van der Waals surface area contributed by atoms with Crippen molar-refractivity contribution in [3.05, 3.63) is 80.9 Å². The van der Waals surface area contributed by atoms with Gasteiger partial charge >= 0.3 is 0 Å². The van der Waals surface area contributed by atoms with E-state index in [1.54, 1.807) is 18.2 Å². The molecule has 0 spiro atoms. The Bertz CT molecular complexity index is 1070. The van der Waals surface area contributed by atoms with Crippen molar-refractivity contribution in [2.75, 3.05) is 7.11 Å². The first-order chi connectivity index (χ1) is 13.0. The lowest BCUT2D eigenvalue weighted by Gasteiger charge is -2.09. The number of nitro benzene ring substituents is 1. The largest absolute Gasteiger partial charge is 0.496 e. The maximum absolute atomic E-state index is 12.5. The number of rotatable bonds is 5. The molecule has 0 atom stereocenters. The fourth-order valence-corrected chi connectivity index (χ4v) is 2.73. The van der Waals surface area contributed by atoms with Crippen molar-refractivity contribution in [1.82, 2.24) is 5.43 Å². The topological polar surface area (TPSA) is 93.8 Å². The number of fused-ring (bicyclic) bond motifs is 1. The summed E-state index contributed by atoms with van der Waals surface area (Å²) in [6.45, 7) is 0. The van der Waals surface area contributed by atoms with Crippen LogP contribution in [-0.2, 0) is 0 Å². The van der Waals surface area contributed by atoms with Crippen LogP contribution >= 0.6 is 11.6 Å². The number of hydrogen-bond donors (Lipinski definition) is 1. The fourth-order valence-electron chi connectivity index (χ4n) is 2.54. The molecule has 0 aliphatic carbocycles. The van der Waals surface area contributed by atoms with E-state index in [0.29, 0.717) is 16.9 Å². The predicted octanol–water partition coefficient (Wildman–Crippen LogP) is 4.17. The van der Waals surface area contributed by atoms with Crippen LogP contribution in [-0.4, -0.2) is 24.2 Å². The number of carbonyl (C=O) groups is 1. The standard InChI is InChI=1S/C19H14ClN3O4/c1-27-18-10-14-5-3-2-4-13(14)9-15(18)19(24)22-21-11-12-6-7-16(20)17(8-12)23(25)26/h2-11H,1H3,(H,22,24)/b21-11-. The van der Waals surface area contributed by atoms with Gasteiger partial charge in [-0.1, -0.05) is 41.9 Å². The van der Waals surface area contributed by atoms with E-state index >= 15 is 0 Å². The molecule has 0 bridgehead atoms. The summed E-state index contributed by atoms with van der Waals surface area (Å²) in [5.41, 5.74) is 2.92. The van der Waals surface area contributed by atoms with Crippen molar-refractivity contribution in [3.8, 4) is 5.75 Å².